The van der Waals surface area contributed by atoms with Crippen LogP contribution in [0, 0.1) is 0 Å². The molecular formula is C5F11NO. The van der Waals surface area contributed by atoms with E-state index in [1.807, 2.05) is 0 Å². The number of alkyl halides is 10. The summed E-state index contributed by atoms with van der Waals surface area (Å²) in [7, 11) is 0. The highest BCUT2D eigenvalue weighted by Gasteiger charge is 2.78. The van der Waals surface area contributed by atoms with E-state index in [1.54, 1.807) is 0 Å². The maximum Gasteiger partial charge on any atom is 0.470 e. The van der Waals surface area contributed by atoms with Gasteiger partial charge < -0.3 is 0 Å². The van der Waals surface area contributed by atoms with Gasteiger partial charge in [-0.15, -0.1) is 0 Å². The van der Waals surface area contributed by atoms with Crippen LogP contribution in [0.3, 0.4) is 0 Å². The summed E-state index contributed by atoms with van der Waals surface area (Å²) < 4.78 is 130. The second-order valence-electron chi connectivity index (χ2n) is 2.66. The van der Waals surface area contributed by atoms with E-state index >= 15 is 0 Å². The predicted molar refractivity (Wildman–Crippen MR) is 30.0 cm³/mol. The average molecular weight is 299 g/mol. The zero-order valence-electron chi connectivity index (χ0n) is 7.51. The van der Waals surface area contributed by atoms with Crippen LogP contribution in [-0.4, -0.2) is 35.5 Å². The van der Waals surface area contributed by atoms with Crippen LogP contribution >= 0.6 is 0 Å². The van der Waals surface area contributed by atoms with Gasteiger partial charge in [-0.1, -0.05) is 4.90 Å². The van der Waals surface area contributed by atoms with Gasteiger partial charge >= 0.3 is 30.6 Å². The summed E-state index contributed by atoms with van der Waals surface area (Å²) in [6.45, 7) is 0. The number of carbonyl (C=O) groups is 1. The number of rotatable bonds is 2. The molecule has 18 heavy (non-hydrogen) atoms. The first-order chi connectivity index (χ1) is 7.56. The third kappa shape index (κ3) is 2.81. The van der Waals surface area contributed by atoms with Crippen LogP contribution in [0.15, 0.2) is 0 Å². The van der Waals surface area contributed by atoms with Crippen molar-refractivity contribution < 1.29 is 53.1 Å². The summed E-state index contributed by atoms with van der Waals surface area (Å²) in [4.78, 5) is 5.85. The Morgan fingerprint density at radius 1 is 0.722 bits per heavy atom. The van der Waals surface area contributed by atoms with E-state index in [-0.39, 0.29) is 0 Å². The van der Waals surface area contributed by atoms with Crippen molar-refractivity contribution in [1.29, 1.82) is 0 Å². The quantitative estimate of drug-likeness (QED) is 0.444. The average Bonchev–Trinajstić information content (AvgIpc) is 1.94. The van der Waals surface area contributed by atoms with Crippen molar-refractivity contribution in [2.45, 2.75) is 24.6 Å². The molecule has 0 rings (SSSR count). The molecule has 0 aromatic carbocycles. The van der Waals surface area contributed by atoms with Gasteiger partial charge in [0, 0.05) is 0 Å². The van der Waals surface area contributed by atoms with Crippen molar-refractivity contribution in [1.82, 2.24) is 4.90 Å². The summed E-state index contributed by atoms with van der Waals surface area (Å²) in [6.07, 6.45) is -21.1. The number of carbonyl (C=O) groups excluding carboxylic acids is 1. The number of hydrogen-bond donors (Lipinski definition) is 0. The number of halogens is 11. The first kappa shape index (κ1) is 16.9. The Hall–Kier alpha value is -1.14. The van der Waals surface area contributed by atoms with Gasteiger partial charge in [-0.05, 0) is 0 Å². The van der Waals surface area contributed by atoms with Gasteiger partial charge in [-0.2, -0.15) is 43.9 Å². The summed E-state index contributed by atoms with van der Waals surface area (Å²) in [5, 5.41) is 0. The van der Waals surface area contributed by atoms with Gasteiger partial charge in [0.2, 0.25) is 0 Å². The lowest BCUT2D eigenvalue weighted by atomic mass is 10.2. The van der Waals surface area contributed by atoms with Crippen LogP contribution in [0.2, 0.25) is 0 Å². The standard InChI is InChI=1S/C5F11NO/c6-1(18)2(7,3(8,9)10)17(4(11,12)13)5(14,15)16/t2-/m1/s1. The fourth-order valence-electron chi connectivity index (χ4n) is 0.819. The lowest BCUT2D eigenvalue weighted by molar-refractivity contribution is -0.445. The predicted octanol–water partition coefficient (Wildman–Crippen LogP) is 3.05. The van der Waals surface area contributed by atoms with E-state index in [0.29, 0.717) is 0 Å². The molecule has 0 aliphatic rings. The molecule has 0 aromatic heterocycles. The van der Waals surface area contributed by atoms with Gasteiger partial charge in [0.15, 0.2) is 0 Å². The lowest BCUT2D eigenvalue weighted by Crippen LogP contribution is -2.68. The molecule has 0 spiro atoms. The molecule has 0 aliphatic heterocycles. The number of nitrogens with zero attached hydrogens (tertiary/aromatic N) is 1. The molecule has 1 atom stereocenters. The zero-order valence-corrected chi connectivity index (χ0v) is 7.51. The summed E-state index contributed by atoms with van der Waals surface area (Å²) in [5.41, 5.74) is 0. The van der Waals surface area contributed by atoms with E-state index in [1.165, 1.54) is 0 Å². The third-order valence-electron chi connectivity index (χ3n) is 1.45. The molecule has 0 heterocycles. The normalized spacial score (nSPS) is 17.8. The zero-order chi connectivity index (χ0) is 15.2. The highest BCUT2D eigenvalue weighted by molar-refractivity contribution is 5.79. The lowest BCUT2D eigenvalue weighted by Gasteiger charge is -2.36. The molecule has 0 fully saturated rings. The minimum absolute atomic E-state index is 3.80. The second-order valence-corrected chi connectivity index (χ2v) is 2.66. The second kappa shape index (κ2) is 4.20. The van der Waals surface area contributed by atoms with Crippen LogP contribution in [-0.2, 0) is 4.79 Å². The van der Waals surface area contributed by atoms with Crippen molar-refractivity contribution in [3.8, 4) is 0 Å². The van der Waals surface area contributed by atoms with Gasteiger partial charge in [0.1, 0.15) is 0 Å². The fourth-order valence-corrected chi connectivity index (χ4v) is 0.819. The van der Waals surface area contributed by atoms with Crippen LogP contribution in [0.1, 0.15) is 0 Å². The molecular weight excluding hydrogens is 299 g/mol. The Balaban J connectivity index is 6.09. The SMILES string of the molecule is O=C(F)[C@@](F)(N(C(F)(F)F)C(F)(F)F)C(F)(F)F. The van der Waals surface area contributed by atoms with Gasteiger partial charge in [0.05, 0.1) is 0 Å². The Labute approximate surface area is 89.9 Å². The summed E-state index contributed by atoms with van der Waals surface area (Å²) in [5.74, 6) is -6.90. The maximum atomic E-state index is 12.7. The Morgan fingerprint density at radius 2 is 1.00 bits per heavy atom. The van der Waals surface area contributed by atoms with Gasteiger partial charge in [-0.3, -0.25) is 4.79 Å². The Kier molecular flexibility index (Phi) is 3.94. The van der Waals surface area contributed by atoms with Crippen LogP contribution < -0.4 is 0 Å². The molecule has 0 saturated carbocycles. The molecule has 2 nitrogen and oxygen atoms in total. The fraction of sp³-hybridized carbons (Fsp3) is 0.800. The highest BCUT2D eigenvalue weighted by atomic mass is 19.4. The molecule has 13 heteroatoms. The molecule has 0 aliphatic carbocycles. The minimum atomic E-state index is -7.09. The van der Waals surface area contributed by atoms with Gasteiger partial charge in [0.25, 0.3) is 0 Å². The largest absolute Gasteiger partial charge is 0.470 e. The molecule has 0 aromatic rings. The van der Waals surface area contributed by atoms with Crippen molar-refractivity contribution >= 4 is 6.04 Å². The molecule has 0 amide bonds. The van der Waals surface area contributed by atoms with E-state index < -0.39 is 35.5 Å². The number of hydrogen-bond acceptors (Lipinski definition) is 2. The third-order valence-corrected chi connectivity index (χ3v) is 1.45. The van der Waals surface area contributed by atoms with E-state index in [9.17, 15) is 53.1 Å². The molecule has 0 saturated heterocycles. The summed E-state index contributed by atoms with van der Waals surface area (Å²) >= 11 is 0. The summed E-state index contributed by atoms with van der Waals surface area (Å²) in [6, 6.07) is -4.50. The van der Waals surface area contributed by atoms with Crippen molar-refractivity contribution in [2.24, 2.45) is 0 Å². The molecule has 0 N–H and O–H groups in total. The monoisotopic (exact) mass is 299 g/mol. The van der Waals surface area contributed by atoms with E-state index in [4.69, 9.17) is 0 Å². The topological polar surface area (TPSA) is 20.3 Å². The molecule has 0 radical (unpaired) electrons. The van der Waals surface area contributed by atoms with Crippen LogP contribution in [0.5, 0.6) is 0 Å². The van der Waals surface area contributed by atoms with Crippen molar-refractivity contribution in [2.75, 3.05) is 0 Å². The van der Waals surface area contributed by atoms with Crippen LogP contribution in [0.4, 0.5) is 48.3 Å². The van der Waals surface area contributed by atoms with Crippen LogP contribution in [0.25, 0.3) is 0 Å². The molecule has 0 unspecified atom stereocenters. The Bertz CT molecular complexity index is 312. The minimum Gasteiger partial charge on any atom is -0.255 e. The first-order valence-corrected chi connectivity index (χ1v) is 3.45. The maximum absolute atomic E-state index is 12.7. The molecule has 0 bridgehead atoms. The first-order valence-electron chi connectivity index (χ1n) is 3.45. The van der Waals surface area contributed by atoms with E-state index in [2.05, 4.69) is 0 Å². The smallest absolute Gasteiger partial charge is 0.255 e. The Morgan fingerprint density at radius 3 is 1.06 bits per heavy atom. The highest BCUT2D eigenvalue weighted by Crippen LogP contribution is 2.48. The van der Waals surface area contributed by atoms with Gasteiger partial charge in [-0.25, -0.2) is 4.39 Å². The molecule has 108 valence electrons. The van der Waals surface area contributed by atoms with Crippen molar-refractivity contribution in [3.63, 3.8) is 0 Å². The van der Waals surface area contributed by atoms with E-state index in [0.717, 1.165) is 0 Å². The van der Waals surface area contributed by atoms with Crippen molar-refractivity contribution in [3.05, 3.63) is 0 Å².